The summed E-state index contributed by atoms with van der Waals surface area (Å²) in [6.45, 7) is 2.19. The molecule has 0 saturated carbocycles. The molecule has 2 amide bonds. The van der Waals surface area contributed by atoms with Crippen molar-refractivity contribution in [2.75, 3.05) is 25.6 Å². The van der Waals surface area contributed by atoms with Crippen molar-refractivity contribution in [2.45, 2.75) is 13.1 Å². The van der Waals surface area contributed by atoms with E-state index in [1.165, 1.54) is 12.1 Å². The third-order valence-electron chi connectivity index (χ3n) is 3.41. The van der Waals surface area contributed by atoms with Crippen LogP contribution in [0.1, 0.15) is 11.1 Å². The molecule has 0 aliphatic heterocycles. The number of amides is 2. The van der Waals surface area contributed by atoms with E-state index in [1.807, 2.05) is 24.3 Å². The number of benzene rings is 2. The maximum absolute atomic E-state index is 12.8. The van der Waals surface area contributed by atoms with Crippen LogP contribution in [0.3, 0.4) is 0 Å². The number of rotatable bonds is 8. The number of hydrogen-bond acceptors (Lipinski definition) is 3. The van der Waals surface area contributed by atoms with Crippen LogP contribution in [0.2, 0.25) is 0 Å². The summed E-state index contributed by atoms with van der Waals surface area (Å²) < 4.78 is 17.8. The van der Waals surface area contributed by atoms with Gasteiger partial charge in [-0.2, -0.15) is 0 Å². The van der Waals surface area contributed by atoms with Gasteiger partial charge in [0.15, 0.2) is 0 Å². The van der Waals surface area contributed by atoms with Gasteiger partial charge in [-0.3, -0.25) is 0 Å². The lowest BCUT2D eigenvalue weighted by molar-refractivity contribution is 0.211. The number of methoxy groups -OCH3 is 1. The van der Waals surface area contributed by atoms with Gasteiger partial charge in [0.25, 0.3) is 0 Å². The Morgan fingerprint density at radius 3 is 2.04 bits per heavy atom. The Hall–Kier alpha value is -2.60. The highest BCUT2D eigenvalue weighted by Gasteiger charge is 2.01. The van der Waals surface area contributed by atoms with Crippen LogP contribution in [0, 0.1) is 5.82 Å². The van der Waals surface area contributed by atoms with Crippen LogP contribution in [-0.2, 0) is 17.8 Å². The molecule has 0 aliphatic carbocycles. The number of ether oxygens (including phenoxy) is 1. The fourth-order valence-electron chi connectivity index (χ4n) is 2.07. The second kappa shape index (κ2) is 9.52. The lowest BCUT2D eigenvalue weighted by atomic mass is 10.2. The highest BCUT2D eigenvalue weighted by Crippen LogP contribution is 2.09. The topological polar surface area (TPSA) is 62.4 Å². The minimum Gasteiger partial charge on any atom is -0.383 e. The molecule has 128 valence electrons. The van der Waals surface area contributed by atoms with Crippen molar-refractivity contribution < 1.29 is 13.9 Å². The molecule has 0 radical (unpaired) electrons. The second-order valence-corrected chi connectivity index (χ2v) is 5.28. The Labute approximate surface area is 141 Å². The minimum atomic E-state index is -0.289. The van der Waals surface area contributed by atoms with Crippen LogP contribution < -0.4 is 16.0 Å². The fraction of sp³-hybridized carbons (Fsp3) is 0.278. The van der Waals surface area contributed by atoms with E-state index < -0.39 is 0 Å². The van der Waals surface area contributed by atoms with Crippen LogP contribution in [0.5, 0.6) is 0 Å². The average molecular weight is 331 g/mol. The van der Waals surface area contributed by atoms with E-state index >= 15 is 0 Å². The molecular formula is C18H22FN3O2. The SMILES string of the molecule is COCCNc1ccc(CNC(=O)NCc2ccc(F)cc2)cc1. The van der Waals surface area contributed by atoms with Crippen molar-refractivity contribution in [3.63, 3.8) is 0 Å². The maximum atomic E-state index is 12.8. The number of carbonyl (C=O) groups excluding carboxylic acids is 1. The monoisotopic (exact) mass is 331 g/mol. The maximum Gasteiger partial charge on any atom is 0.315 e. The molecule has 2 rings (SSSR count). The van der Waals surface area contributed by atoms with E-state index in [-0.39, 0.29) is 11.8 Å². The Balaban J connectivity index is 1.70. The highest BCUT2D eigenvalue weighted by atomic mass is 19.1. The van der Waals surface area contributed by atoms with E-state index in [2.05, 4.69) is 16.0 Å². The first-order valence-electron chi connectivity index (χ1n) is 7.75. The molecule has 2 aromatic rings. The number of hydrogen-bond donors (Lipinski definition) is 3. The van der Waals surface area contributed by atoms with Crippen LogP contribution >= 0.6 is 0 Å². The summed E-state index contributed by atoms with van der Waals surface area (Å²) in [6.07, 6.45) is 0. The van der Waals surface area contributed by atoms with Crippen molar-refractivity contribution in [2.24, 2.45) is 0 Å². The number of carbonyl (C=O) groups is 1. The van der Waals surface area contributed by atoms with Gasteiger partial charge >= 0.3 is 6.03 Å². The normalized spacial score (nSPS) is 10.2. The molecule has 2 aromatic carbocycles. The quantitative estimate of drug-likeness (QED) is 0.652. The average Bonchev–Trinajstić information content (AvgIpc) is 2.61. The first-order valence-corrected chi connectivity index (χ1v) is 7.75. The zero-order valence-electron chi connectivity index (χ0n) is 13.6. The zero-order chi connectivity index (χ0) is 17.2. The molecule has 5 nitrogen and oxygen atoms in total. The van der Waals surface area contributed by atoms with Gasteiger partial charge in [0, 0.05) is 32.4 Å². The number of anilines is 1. The molecule has 0 aromatic heterocycles. The molecule has 3 N–H and O–H groups in total. The molecule has 0 bridgehead atoms. The van der Waals surface area contributed by atoms with Gasteiger partial charge in [-0.05, 0) is 35.4 Å². The molecule has 0 heterocycles. The van der Waals surface area contributed by atoms with Crippen molar-refractivity contribution in [1.29, 1.82) is 0 Å². The summed E-state index contributed by atoms with van der Waals surface area (Å²) in [5.41, 5.74) is 2.86. The van der Waals surface area contributed by atoms with Gasteiger partial charge in [0.05, 0.1) is 6.61 Å². The first kappa shape index (κ1) is 17.7. The first-order chi connectivity index (χ1) is 11.7. The Bertz CT molecular complexity index is 630. The molecule has 0 atom stereocenters. The van der Waals surface area contributed by atoms with Crippen molar-refractivity contribution in [1.82, 2.24) is 10.6 Å². The van der Waals surface area contributed by atoms with Crippen LogP contribution in [-0.4, -0.2) is 26.3 Å². The van der Waals surface area contributed by atoms with Crippen molar-refractivity contribution >= 4 is 11.7 Å². The van der Waals surface area contributed by atoms with E-state index in [1.54, 1.807) is 19.2 Å². The smallest absolute Gasteiger partial charge is 0.315 e. The van der Waals surface area contributed by atoms with E-state index in [0.717, 1.165) is 23.4 Å². The molecule has 24 heavy (non-hydrogen) atoms. The highest BCUT2D eigenvalue weighted by molar-refractivity contribution is 5.73. The van der Waals surface area contributed by atoms with Crippen LogP contribution in [0.25, 0.3) is 0 Å². The third-order valence-corrected chi connectivity index (χ3v) is 3.41. The standard InChI is InChI=1S/C18H22FN3O2/c1-24-11-10-20-17-8-4-15(5-9-17)13-22-18(23)21-12-14-2-6-16(19)7-3-14/h2-9,20H,10-13H2,1H3,(H2,21,22,23). The number of halogens is 1. The number of nitrogens with one attached hydrogen (secondary N) is 3. The van der Waals surface area contributed by atoms with Gasteiger partial charge in [0.2, 0.25) is 0 Å². The van der Waals surface area contributed by atoms with Crippen molar-refractivity contribution in [3.8, 4) is 0 Å². The zero-order valence-corrected chi connectivity index (χ0v) is 13.6. The summed E-state index contributed by atoms with van der Waals surface area (Å²) >= 11 is 0. The summed E-state index contributed by atoms with van der Waals surface area (Å²) in [6, 6.07) is 13.6. The van der Waals surface area contributed by atoms with E-state index in [0.29, 0.717) is 19.7 Å². The van der Waals surface area contributed by atoms with Gasteiger partial charge in [0.1, 0.15) is 5.82 Å². The van der Waals surface area contributed by atoms with Gasteiger partial charge in [-0.25, -0.2) is 9.18 Å². The lowest BCUT2D eigenvalue weighted by Crippen LogP contribution is -2.34. The van der Waals surface area contributed by atoms with Gasteiger partial charge in [-0.15, -0.1) is 0 Å². The van der Waals surface area contributed by atoms with E-state index in [4.69, 9.17) is 4.74 Å². The van der Waals surface area contributed by atoms with Gasteiger partial charge in [-0.1, -0.05) is 24.3 Å². The molecule has 0 saturated heterocycles. The summed E-state index contributed by atoms with van der Waals surface area (Å²) in [7, 11) is 1.66. The third kappa shape index (κ3) is 6.26. The minimum absolute atomic E-state index is 0.262. The van der Waals surface area contributed by atoms with Crippen LogP contribution in [0.4, 0.5) is 14.9 Å². The van der Waals surface area contributed by atoms with Gasteiger partial charge < -0.3 is 20.7 Å². The summed E-state index contributed by atoms with van der Waals surface area (Å²) in [4.78, 5) is 11.8. The lowest BCUT2D eigenvalue weighted by Gasteiger charge is -2.09. The molecule has 0 unspecified atom stereocenters. The second-order valence-electron chi connectivity index (χ2n) is 5.28. The largest absolute Gasteiger partial charge is 0.383 e. The molecular weight excluding hydrogens is 309 g/mol. The fourth-order valence-corrected chi connectivity index (χ4v) is 2.07. The predicted octanol–water partition coefficient (Wildman–Crippen LogP) is 2.88. The molecule has 0 fully saturated rings. The molecule has 6 heteroatoms. The molecule has 0 aliphatic rings. The Morgan fingerprint density at radius 1 is 0.958 bits per heavy atom. The Morgan fingerprint density at radius 2 is 1.50 bits per heavy atom. The predicted molar refractivity (Wildman–Crippen MR) is 92.3 cm³/mol. The molecule has 0 spiro atoms. The van der Waals surface area contributed by atoms with Crippen LogP contribution in [0.15, 0.2) is 48.5 Å². The van der Waals surface area contributed by atoms with E-state index in [9.17, 15) is 9.18 Å². The summed E-state index contributed by atoms with van der Waals surface area (Å²) in [5.74, 6) is -0.289. The van der Waals surface area contributed by atoms with Crippen molar-refractivity contribution in [3.05, 3.63) is 65.5 Å². The summed E-state index contributed by atoms with van der Waals surface area (Å²) in [5, 5.41) is 8.75. The number of urea groups is 1. The Kier molecular flexibility index (Phi) is 7.04.